The highest BCUT2D eigenvalue weighted by Crippen LogP contribution is 2.28. The van der Waals surface area contributed by atoms with Crippen LogP contribution in [0.5, 0.6) is 0 Å². The number of amides is 1. The summed E-state index contributed by atoms with van der Waals surface area (Å²) in [4.78, 5) is 12.5. The Labute approximate surface area is 156 Å². The minimum absolute atomic E-state index is 0.0629. The molecule has 0 unspecified atom stereocenters. The van der Waals surface area contributed by atoms with Crippen LogP contribution >= 0.6 is 11.6 Å². The molecule has 3 rings (SSSR count). The molecule has 0 aliphatic rings. The van der Waals surface area contributed by atoms with Crippen LogP contribution < -0.4 is 5.32 Å². The van der Waals surface area contributed by atoms with Gasteiger partial charge in [0.2, 0.25) is 0 Å². The first-order chi connectivity index (χ1) is 12.3. The molecule has 0 aliphatic heterocycles. The highest BCUT2D eigenvalue weighted by atomic mass is 35.5. The van der Waals surface area contributed by atoms with E-state index < -0.39 is 9.84 Å². The number of aromatic nitrogens is 2. The number of carbonyl (C=O) groups is 1. The molecule has 0 atom stereocenters. The number of para-hydroxylation sites is 1. The van der Waals surface area contributed by atoms with E-state index in [4.69, 9.17) is 11.6 Å². The molecule has 3 aromatic rings. The van der Waals surface area contributed by atoms with Gasteiger partial charge in [-0.1, -0.05) is 29.8 Å². The maximum atomic E-state index is 12.5. The number of nitrogens with zero attached hydrogens (tertiary/aromatic N) is 2. The molecule has 1 heterocycles. The van der Waals surface area contributed by atoms with Crippen molar-refractivity contribution in [3.8, 4) is 5.69 Å². The summed E-state index contributed by atoms with van der Waals surface area (Å²) in [6.45, 7) is 0. The summed E-state index contributed by atoms with van der Waals surface area (Å²) < 4.78 is 24.3. The van der Waals surface area contributed by atoms with Crippen molar-refractivity contribution in [2.75, 3.05) is 11.6 Å². The maximum Gasteiger partial charge on any atom is 0.255 e. The Hall–Kier alpha value is -2.64. The van der Waals surface area contributed by atoms with Crippen molar-refractivity contribution in [1.29, 1.82) is 0 Å². The third-order valence-electron chi connectivity index (χ3n) is 3.61. The van der Waals surface area contributed by atoms with Crippen LogP contribution in [0.3, 0.4) is 0 Å². The summed E-state index contributed by atoms with van der Waals surface area (Å²) in [5.74, 6) is -0.390. The molecule has 1 N–H and O–H groups in total. The molecule has 0 saturated heterocycles. The Kier molecular flexibility index (Phi) is 5.11. The average molecular weight is 390 g/mol. The third kappa shape index (κ3) is 4.30. The second-order valence-electron chi connectivity index (χ2n) is 5.81. The summed E-state index contributed by atoms with van der Waals surface area (Å²) >= 11 is 6.26. The van der Waals surface area contributed by atoms with E-state index in [0.717, 1.165) is 0 Å². The first-order valence-corrected chi connectivity index (χ1v) is 10.1. The van der Waals surface area contributed by atoms with Crippen molar-refractivity contribution in [2.45, 2.75) is 5.75 Å². The van der Waals surface area contributed by atoms with E-state index in [2.05, 4.69) is 10.4 Å². The molecule has 6 nitrogen and oxygen atoms in total. The fourth-order valence-electron chi connectivity index (χ4n) is 2.50. The Morgan fingerprint density at radius 1 is 1.15 bits per heavy atom. The summed E-state index contributed by atoms with van der Waals surface area (Å²) in [6, 6.07) is 13.4. The number of hydrogen-bond donors (Lipinski definition) is 1. The Morgan fingerprint density at radius 2 is 1.88 bits per heavy atom. The SMILES string of the molecule is CS(=O)(=O)Cc1ccc(C(=O)Nc2cccc(Cl)c2-n2cccn2)cc1. The van der Waals surface area contributed by atoms with E-state index in [1.807, 2.05) is 0 Å². The first kappa shape index (κ1) is 18.2. The minimum Gasteiger partial charge on any atom is -0.320 e. The first-order valence-electron chi connectivity index (χ1n) is 7.70. The molecule has 0 spiro atoms. The van der Waals surface area contributed by atoms with E-state index in [1.165, 1.54) is 6.26 Å². The van der Waals surface area contributed by atoms with E-state index in [1.54, 1.807) is 65.6 Å². The lowest BCUT2D eigenvalue weighted by Gasteiger charge is -2.13. The predicted octanol–water partition coefficient (Wildman–Crippen LogP) is 3.32. The fraction of sp³-hybridized carbons (Fsp3) is 0.111. The topological polar surface area (TPSA) is 81.1 Å². The lowest BCUT2D eigenvalue weighted by atomic mass is 10.1. The summed E-state index contributed by atoms with van der Waals surface area (Å²) in [6.07, 6.45) is 4.52. The zero-order valence-corrected chi connectivity index (χ0v) is 15.5. The summed E-state index contributed by atoms with van der Waals surface area (Å²) in [7, 11) is -3.12. The molecule has 0 radical (unpaired) electrons. The predicted molar refractivity (Wildman–Crippen MR) is 102 cm³/mol. The Bertz CT molecular complexity index is 1030. The molecule has 2 aromatic carbocycles. The normalized spacial score (nSPS) is 11.3. The monoisotopic (exact) mass is 389 g/mol. The van der Waals surface area contributed by atoms with Crippen LogP contribution in [0, 0.1) is 0 Å². The highest BCUT2D eigenvalue weighted by molar-refractivity contribution is 7.89. The average Bonchev–Trinajstić information content (AvgIpc) is 3.08. The zero-order chi connectivity index (χ0) is 18.7. The number of hydrogen-bond acceptors (Lipinski definition) is 4. The standard InChI is InChI=1S/C18H16ClN3O3S/c1-26(24,25)12-13-6-8-14(9-7-13)18(23)21-16-5-2-4-15(19)17(16)22-11-3-10-20-22/h2-11H,12H2,1H3,(H,21,23). The lowest BCUT2D eigenvalue weighted by Crippen LogP contribution is -2.14. The van der Waals surface area contributed by atoms with Crippen LogP contribution in [0.25, 0.3) is 5.69 Å². The third-order valence-corrected chi connectivity index (χ3v) is 4.78. The van der Waals surface area contributed by atoms with Crippen LogP contribution in [0.2, 0.25) is 5.02 Å². The summed E-state index contributed by atoms with van der Waals surface area (Å²) in [5, 5.41) is 7.43. The molecular formula is C18H16ClN3O3S. The van der Waals surface area contributed by atoms with Gasteiger partial charge in [-0.3, -0.25) is 4.79 Å². The van der Waals surface area contributed by atoms with Crippen LogP contribution in [-0.2, 0) is 15.6 Å². The largest absolute Gasteiger partial charge is 0.320 e. The minimum atomic E-state index is -3.12. The van der Waals surface area contributed by atoms with Gasteiger partial charge < -0.3 is 5.32 Å². The Balaban J connectivity index is 1.84. The van der Waals surface area contributed by atoms with Gasteiger partial charge in [0, 0.05) is 24.2 Å². The summed E-state index contributed by atoms with van der Waals surface area (Å²) in [5.41, 5.74) is 2.13. The van der Waals surface area contributed by atoms with Gasteiger partial charge in [0.15, 0.2) is 9.84 Å². The van der Waals surface area contributed by atoms with Gasteiger partial charge >= 0.3 is 0 Å². The van der Waals surface area contributed by atoms with E-state index in [9.17, 15) is 13.2 Å². The molecule has 0 aliphatic carbocycles. The molecule has 1 amide bonds. The van der Waals surface area contributed by atoms with Crippen molar-refractivity contribution < 1.29 is 13.2 Å². The smallest absolute Gasteiger partial charge is 0.255 e. The van der Waals surface area contributed by atoms with Gasteiger partial charge in [-0.25, -0.2) is 13.1 Å². The van der Waals surface area contributed by atoms with Gasteiger partial charge in [-0.15, -0.1) is 0 Å². The second kappa shape index (κ2) is 7.31. The lowest BCUT2D eigenvalue weighted by molar-refractivity contribution is 0.102. The van der Waals surface area contributed by atoms with Crippen molar-refractivity contribution in [1.82, 2.24) is 9.78 Å². The van der Waals surface area contributed by atoms with Crippen molar-refractivity contribution in [3.05, 3.63) is 77.1 Å². The molecule has 0 fully saturated rings. The van der Waals surface area contributed by atoms with Crippen molar-refractivity contribution >= 4 is 33.0 Å². The van der Waals surface area contributed by atoms with Crippen LogP contribution in [0.4, 0.5) is 5.69 Å². The van der Waals surface area contributed by atoms with E-state index >= 15 is 0 Å². The number of carbonyl (C=O) groups excluding carboxylic acids is 1. The van der Waals surface area contributed by atoms with Crippen LogP contribution in [-0.4, -0.2) is 30.4 Å². The van der Waals surface area contributed by atoms with E-state index in [0.29, 0.717) is 27.5 Å². The number of benzene rings is 2. The number of anilines is 1. The highest BCUT2D eigenvalue weighted by Gasteiger charge is 2.14. The molecule has 8 heteroatoms. The van der Waals surface area contributed by atoms with Gasteiger partial charge in [-0.2, -0.15) is 5.10 Å². The molecule has 134 valence electrons. The maximum absolute atomic E-state index is 12.5. The van der Waals surface area contributed by atoms with Crippen molar-refractivity contribution in [2.24, 2.45) is 0 Å². The number of sulfone groups is 1. The molecule has 1 aromatic heterocycles. The molecule has 26 heavy (non-hydrogen) atoms. The zero-order valence-electron chi connectivity index (χ0n) is 13.9. The fourth-order valence-corrected chi connectivity index (χ4v) is 3.56. The number of nitrogens with one attached hydrogen (secondary N) is 1. The van der Waals surface area contributed by atoms with Crippen LogP contribution in [0.1, 0.15) is 15.9 Å². The molecule has 0 bridgehead atoms. The van der Waals surface area contributed by atoms with Gasteiger partial charge in [0.1, 0.15) is 5.69 Å². The second-order valence-corrected chi connectivity index (χ2v) is 8.36. The Morgan fingerprint density at radius 3 is 2.50 bits per heavy atom. The van der Waals surface area contributed by atoms with Crippen molar-refractivity contribution in [3.63, 3.8) is 0 Å². The number of halogens is 1. The number of rotatable bonds is 5. The van der Waals surface area contributed by atoms with Gasteiger partial charge in [0.25, 0.3) is 5.91 Å². The van der Waals surface area contributed by atoms with Crippen LogP contribution in [0.15, 0.2) is 60.9 Å². The quantitative estimate of drug-likeness (QED) is 0.725. The van der Waals surface area contributed by atoms with Gasteiger partial charge in [-0.05, 0) is 35.9 Å². The van der Waals surface area contributed by atoms with Gasteiger partial charge in [0.05, 0.1) is 16.5 Å². The van der Waals surface area contributed by atoms with E-state index in [-0.39, 0.29) is 11.7 Å². The molecular weight excluding hydrogens is 374 g/mol. The molecule has 0 saturated carbocycles.